The first-order valence-electron chi connectivity index (χ1n) is 5.74. The van der Waals surface area contributed by atoms with Crippen LogP contribution in [0.25, 0.3) is 0 Å². The molecular weight excluding hydrogens is 189 g/mol. The number of hydrogen-bond donors (Lipinski definition) is 1. The van der Waals surface area contributed by atoms with Crippen molar-refractivity contribution >= 4 is 0 Å². The van der Waals surface area contributed by atoms with E-state index in [1.807, 2.05) is 12.1 Å². The molecule has 1 atom stereocenters. The lowest BCUT2D eigenvalue weighted by Crippen LogP contribution is -2.22. The Kier molecular flexibility index (Phi) is 3.37. The second kappa shape index (κ2) is 4.75. The van der Waals surface area contributed by atoms with Crippen molar-refractivity contribution in [1.29, 1.82) is 0 Å². The van der Waals surface area contributed by atoms with Crippen LogP contribution in [0, 0.1) is 11.7 Å². The van der Waals surface area contributed by atoms with Gasteiger partial charge in [0.25, 0.3) is 0 Å². The van der Waals surface area contributed by atoms with E-state index in [-0.39, 0.29) is 11.9 Å². The van der Waals surface area contributed by atoms with Crippen LogP contribution in [-0.4, -0.2) is 6.04 Å². The Morgan fingerprint density at radius 3 is 2.53 bits per heavy atom. The maximum Gasteiger partial charge on any atom is 0.123 e. The number of nitrogens with two attached hydrogens (primary N) is 1. The second-order valence-electron chi connectivity index (χ2n) is 4.61. The molecule has 2 heteroatoms. The van der Waals surface area contributed by atoms with Crippen molar-refractivity contribution in [2.24, 2.45) is 11.7 Å². The minimum Gasteiger partial charge on any atom is -0.327 e. The quantitative estimate of drug-likeness (QED) is 0.789. The second-order valence-corrected chi connectivity index (χ2v) is 4.61. The lowest BCUT2D eigenvalue weighted by molar-refractivity contribution is 0.550. The lowest BCUT2D eigenvalue weighted by Gasteiger charge is -2.10. The molecule has 15 heavy (non-hydrogen) atoms. The number of hydrogen-bond acceptors (Lipinski definition) is 1. The van der Waals surface area contributed by atoms with Gasteiger partial charge < -0.3 is 5.73 Å². The van der Waals surface area contributed by atoms with Gasteiger partial charge in [-0.2, -0.15) is 0 Å². The van der Waals surface area contributed by atoms with Gasteiger partial charge in [0.1, 0.15) is 5.82 Å². The first-order valence-corrected chi connectivity index (χ1v) is 5.74. The molecule has 1 nitrogen and oxygen atoms in total. The van der Waals surface area contributed by atoms with E-state index in [0.717, 1.165) is 24.3 Å². The van der Waals surface area contributed by atoms with Crippen LogP contribution in [0.3, 0.4) is 0 Å². The van der Waals surface area contributed by atoms with Gasteiger partial charge in [-0.3, -0.25) is 0 Å². The predicted molar refractivity (Wildman–Crippen MR) is 60.0 cm³/mol. The summed E-state index contributed by atoms with van der Waals surface area (Å²) in [4.78, 5) is 0. The van der Waals surface area contributed by atoms with Gasteiger partial charge in [0.2, 0.25) is 0 Å². The van der Waals surface area contributed by atoms with Crippen molar-refractivity contribution in [3.63, 3.8) is 0 Å². The lowest BCUT2D eigenvalue weighted by atomic mass is 10.0. The Bertz CT molecular complexity index is 303. The van der Waals surface area contributed by atoms with Gasteiger partial charge in [-0.05, 0) is 42.9 Å². The van der Waals surface area contributed by atoms with E-state index in [9.17, 15) is 4.39 Å². The molecule has 1 aromatic carbocycles. The van der Waals surface area contributed by atoms with Gasteiger partial charge in [-0.1, -0.05) is 25.0 Å². The molecule has 1 aromatic rings. The molecule has 0 radical (unpaired) electrons. The van der Waals surface area contributed by atoms with Gasteiger partial charge in [0, 0.05) is 6.04 Å². The van der Waals surface area contributed by atoms with Crippen LogP contribution >= 0.6 is 0 Å². The zero-order valence-electron chi connectivity index (χ0n) is 8.95. The highest BCUT2D eigenvalue weighted by Gasteiger charge is 2.21. The Balaban J connectivity index is 1.76. The summed E-state index contributed by atoms with van der Waals surface area (Å²) in [5.74, 6) is 0.773. The van der Waals surface area contributed by atoms with Crippen molar-refractivity contribution in [1.82, 2.24) is 0 Å². The molecule has 2 rings (SSSR count). The van der Waals surface area contributed by atoms with Crippen molar-refractivity contribution in [3.05, 3.63) is 35.6 Å². The van der Waals surface area contributed by atoms with Crippen LogP contribution in [0.15, 0.2) is 24.3 Å². The molecule has 0 bridgehead atoms. The Morgan fingerprint density at radius 1 is 1.27 bits per heavy atom. The van der Waals surface area contributed by atoms with E-state index >= 15 is 0 Å². The summed E-state index contributed by atoms with van der Waals surface area (Å²) in [6, 6.07) is 6.89. The SMILES string of the molecule is NC(CCC1CC1)Cc1ccc(F)cc1. The van der Waals surface area contributed by atoms with E-state index in [0.29, 0.717) is 0 Å². The summed E-state index contributed by atoms with van der Waals surface area (Å²) in [6.07, 6.45) is 6.02. The van der Waals surface area contributed by atoms with Crippen LogP contribution in [0.5, 0.6) is 0 Å². The summed E-state index contributed by atoms with van der Waals surface area (Å²) < 4.78 is 12.7. The van der Waals surface area contributed by atoms with Crippen molar-refractivity contribution in [3.8, 4) is 0 Å². The molecule has 0 saturated heterocycles. The van der Waals surface area contributed by atoms with E-state index in [1.165, 1.54) is 31.4 Å². The van der Waals surface area contributed by atoms with Gasteiger partial charge in [-0.25, -0.2) is 4.39 Å². The van der Waals surface area contributed by atoms with Crippen molar-refractivity contribution < 1.29 is 4.39 Å². The fraction of sp³-hybridized carbons (Fsp3) is 0.538. The minimum absolute atomic E-state index is 0.176. The Hall–Kier alpha value is -0.890. The molecule has 0 aromatic heterocycles. The molecule has 0 heterocycles. The molecule has 1 saturated carbocycles. The Morgan fingerprint density at radius 2 is 1.93 bits per heavy atom. The molecule has 0 amide bonds. The summed E-state index contributed by atoms with van der Waals surface area (Å²) in [7, 11) is 0. The van der Waals surface area contributed by atoms with Crippen LogP contribution in [0.4, 0.5) is 4.39 Å². The highest BCUT2D eigenvalue weighted by molar-refractivity contribution is 5.17. The van der Waals surface area contributed by atoms with E-state index < -0.39 is 0 Å². The summed E-state index contributed by atoms with van der Waals surface area (Å²) in [6.45, 7) is 0. The molecule has 1 aliphatic carbocycles. The highest BCUT2D eigenvalue weighted by atomic mass is 19.1. The standard InChI is InChI=1S/C13H18FN/c14-12-6-3-11(4-7-12)9-13(15)8-5-10-1-2-10/h3-4,6-7,10,13H,1-2,5,8-9,15H2. The topological polar surface area (TPSA) is 26.0 Å². The molecule has 1 aliphatic rings. The van der Waals surface area contributed by atoms with E-state index in [2.05, 4.69) is 0 Å². The highest BCUT2D eigenvalue weighted by Crippen LogP contribution is 2.33. The molecule has 82 valence electrons. The van der Waals surface area contributed by atoms with Crippen LogP contribution < -0.4 is 5.73 Å². The van der Waals surface area contributed by atoms with Gasteiger partial charge >= 0.3 is 0 Å². The van der Waals surface area contributed by atoms with Gasteiger partial charge in [0.05, 0.1) is 0 Å². The zero-order valence-corrected chi connectivity index (χ0v) is 8.95. The number of benzene rings is 1. The first kappa shape index (κ1) is 10.6. The van der Waals surface area contributed by atoms with Crippen molar-refractivity contribution in [2.45, 2.75) is 38.1 Å². The smallest absolute Gasteiger partial charge is 0.123 e. The number of rotatable bonds is 5. The normalized spacial score (nSPS) is 17.7. The molecule has 1 unspecified atom stereocenters. The van der Waals surface area contributed by atoms with E-state index in [4.69, 9.17) is 5.73 Å². The fourth-order valence-corrected chi connectivity index (χ4v) is 1.88. The predicted octanol–water partition coefficient (Wildman–Crippen LogP) is 2.89. The average Bonchev–Trinajstić information content (AvgIpc) is 3.02. The third-order valence-electron chi connectivity index (χ3n) is 3.05. The van der Waals surface area contributed by atoms with Crippen LogP contribution in [0.2, 0.25) is 0 Å². The molecule has 0 aliphatic heterocycles. The summed E-state index contributed by atoms with van der Waals surface area (Å²) in [5.41, 5.74) is 7.16. The minimum atomic E-state index is -0.176. The van der Waals surface area contributed by atoms with Crippen LogP contribution in [0.1, 0.15) is 31.2 Å². The molecule has 0 spiro atoms. The van der Waals surface area contributed by atoms with Gasteiger partial charge in [-0.15, -0.1) is 0 Å². The van der Waals surface area contributed by atoms with Gasteiger partial charge in [0.15, 0.2) is 0 Å². The maximum atomic E-state index is 12.7. The Labute approximate surface area is 90.5 Å². The maximum absolute atomic E-state index is 12.7. The van der Waals surface area contributed by atoms with E-state index in [1.54, 1.807) is 0 Å². The zero-order chi connectivity index (χ0) is 10.7. The molecule has 1 fully saturated rings. The third-order valence-corrected chi connectivity index (χ3v) is 3.05. The largest absolute Gasteiger partial charge is 0.327 e. The number of halogens is 1. The molecule has 2 N–H and O–H groups in total. The fourth-order valence-electron chi connectivity index (χ4n) is 1.88. The van der Waals surface area contributed by atoms with Crippen molar-refractivity contribution in [2.75, 3.05) is 0 Å². The monoisotopic (exact) mass is 207 g/mol. The molecular formula is C13H18FN. The van der Waals surface area contributed by atoms with Crippen LogP contribution in [-0.2, 0) is 6.42 Å². The first-order chi connectivity index (χ1) is 7.24. The third kappa shape index (κ3) is 3.63. The average molecular weight is 207 g/mol. The summed E-state index contributed by atoms with van der Waals surface area (Å²) >= 11 is 0. The summed E-state index contributed by atoms with van der Waals surface area (Å²) in [5, 5.41) is 0.